The van der Waals surface area contributed by atoms with Gasteiger partial charge in [0.05, 0.1) is 10.4 Å². The monoisotopic (exact) mass is 260 g/mol. The van der Waals surface area contributed by atoms with E-state index in [4.69, 9.17) is 9.52 Å². The van der Waals surface area contributed by atoms with Crippen LogP contribution in [0.15, 0.2) is 8.89 Å². The lowest BCUT2D eigenvalue weighted by molar-refractivity contribution is -0.141. The summed E-state index contributed by atoms with van der Waals surface area (Å²) in [7, 11) is 0. The van der Waals surface area contributed by atoms with Crippen molar-refractivity contribution in [2.45, 2.75) is 27.2 Å². The van der Waals surface area contributed by atoms with Gasteiger partial charge in [-0.25, -0.2) is 0 Å². The van der Waals surface area contributed by atoms with E-state index < -0.39 is 11.9 Å². The summed E-state index contributed by atoms with van der Waals surface area (Å²) in [6.07, 6.45) is 0.438. The summed E-state index contributed by atoms with van der Waals surface area (Å²) in [5.74, 6) is 0.347. The third-order valence-corrected chi connectivity index (χ3v) is 3.40. The van der Waals surface area contributed by atoms with Gasteiger partial charge in [-0.1, -0.05) is 6.92 Å². The molecule has 78 valence electrons. The van der Waals surface area contributed by atoms with Crippen LogP contribution in [-0.4, -0.2) is 11.1 Å². The molecule has 0 saturated carbocycles. The van der Waals surface area contributed by atoms with Crippen LogP contribution < -0.4 is 0 Å². The van der Waals surface area contributed by atoms with Crippen molar-refractivity contribution in [3.63, 3.8) is 0 Å². The van der Waals surface area contributed by atoms with E-state index in [0.717, 1.165) is 21.6 Å². The molecule has 1 N–H and O–H groups in total. The molecule has 1 aromatic rings. The first-order valence-corrected chi connectivity index (χ1v) is 5.20. The molecule has 3 nitrogen and oxygen atoms in total. The molecule has 0 saturated heterocycles. The molecule has 0 amide bonds. The van der Waals surface area contributed by atoms with E-state index in [9.17, 15) is 4.79 Å². The Morgan fingerprint density at radius 1 is 1.57 bits per heavy atom. The van der Waals surface area contributed by atoms with Gasteiger partial charge in [0.15, 0.2) is 0 Å². The number of carbonyl (C=O) groups is 1. The normalized spacial score (nSPS) is 12.9. The van der Waals surface area contributed by atoms with Crippen LogP contribution in [-0.2, 0) is 11.2 Å². The van der Waals surface area contributed by atoms with Gasteiger partial charge in [-0.05, 0) is 29.8 Å². The van der Waals surface area contributed by atoms with Crippen LogP contribution in [0.25, 0.3) is 0 Å². The number of hydrogen-bond acceptors (Lipinski definition) is 2. The number of hydrogen-bond donors (Lipinski definition) is 1. The fraction of sp³-hybridized carbons (Fsp3) is 0.500. The number of rotatable bonds is 3. The summed E-state index contributed by atoms with van der Waals surface area (Å²) < 4.78 is 6.39. The predicted octanol–water partition coefficient (Wildman–Crippen LogP) is 2.92. The van der Waals surface area contributed by atoms with E-state index in [1.165, 1.54) is 0 Å². The molecule has 0 aliphatic carbocycles. The fourth-order valence-electron chi connectivity index (χ4n) is 1.25. The van der Waals surface area contributed by atoms with Gasteiger partial charge in [0, 0.05) is 12.0 Å². The molecule has 0 aliphatic rings. The highest BCUT2D eigenvalue weighted by Gasteiger charge is 2.18. The minimum absolute atomic E-state index is 0.411. The third-order valence-electron chi connectivity index (χ3n) is 2.25. The molecular weight excluding hydrogens is 248 g/mol. The number of aliphatic carboxylic acids is 1. The Labute approximate surface area is 91.2 Å². The molecule has 0 bridgehead atoms. The largest absolute Gasteiger partial charge is 0.481 e. The van der Waals surface area contributed by atoms with E-state index in [1.807, 2.05) is 13.8 Å². The molecule has 0 radical (unpaired) electrons. The van der Waals surface area contributed by atoms with Crippen molar-refractivity contribution >= 4 is 21.9 Å². The molecular formula is C10H13BrO3. The molecule has 0 aliphatic heterocycles. The SMILES string of the molecule is Cc1oc(CC(C)C(=O)O)c(C)c1Br. The van der Waals surface area contributed by atoms with E-state index in [2.05, 4.69) is 15.9 Å². The number of aryl methyl sites for hydroxylation is 1. The topological polar surface area (TPSA) is 50.4 Å². The van der Waals surface area contributed by atoms with Gasteiger partial charge in [0.1, 0.15) is 11.5 Å². The average molecular weight is 261 g/mol. The highest BCUT2D eigenvalue weighted by molar-refractivity contribution is 9.10. The maximum atomic E-state index is 10.7. The number of halogens is 1. The van der Waals surface area contributed by atoms with Gasteiger partial charge in [0.25, 0.3) is 0 Å². The van der Waals surface area contributed by atoms with Crippen LogP contribution in [0.1, 0.15) is 24.0 Å². The third kappa shape index (κ3) is 2.18. The van der Waals surface area contributed by atoms with E-state index in [0.29, 0.717) is 6.42 Å². The highest BCUT2D eigenvalue weighted by atomic mass is 79.9. The van der Waals surface area contributed by atoms with Gasteiger partial charge in [-0.15, -0.1) is 0 Å². The Hall–Kier alpha value is -0.770. The Morgan fingerprint density at radius 3 is 2.50 bits per heavy atom. The van der Waals surface area contributed by atoms with Crippen LogP contribution >= 0.6 is 15.9 Å². The Kier molecular flexibility index (Phi) is 3.37. The molecule has 0 spiro atoms. The molecule has 0 fully saturated rings. The van der Waals surface area contributed by atoms with Crippen LogP contribution in [0.3, 0.4) is 0 Å². The van der Waals surface area contributed by atoms with Gasteiger partial charge >= 0.3 is 5.97 Å². The zero-order valence-electron chi connectivity index (χ0n) is 8.43. The quantitative estimate of drug-likeness (QED) is 0.910. The van der Waals surface area contributed by atoms with Crippen molar-refractivity contribution in [2.75, 3.05) is 0 Å². The van der Waals surface area contributed by atoms with Crippen molar-refractivity contribution in [3.8, 4) is 0 Å². The maximum Gasteiger partial charge on any atom is 0.306 e. The molecule has 1 heterocycles. The van der Waals surface area contributed by atoms with E-state index in [-0.39, 0.29) is 0 Å². The molecule has 1 rings (SSSR count). The zero-order valence-corrected chi connectivity index (χ0v) is 10.0. The lowest BCUT2D eigenvalue weighted by Crippen LogP contribution is -2.12. The Balaban J connectivity index is 2.87. The smallest absolute Gasteiger partial charge is 0.306 e. The van der Waals surface area contributed by atoms with Crippen molar-refractivity contribution < 1.29 is 14.3 Å². The number of furan rings is 1. The maximum absolute atomic E-state index is 10.7. The molecule has 14 heavy (non-hydrogen) atoms. The summed E-state index contributed by atoms with van der Waals surface area (Å²) in [6.45, 7) is 5.45. The lowest BCUT2D eigenvalue weighted by Gasteiger charge is -2.03. The summed E-state index contributed by atoms with van der Waals surface area (Å²) in [6, 6.07) is 0. The van der Waals surface area contributed by atoms with Crippen molar-refractivity contribution in [1.82, 2.24) is 0 Å². The molecule has 0 aromatic carbocycles. The second-order valence-corrected chi connectivity index (χ2v) is 4.26. The highest BCUT2D eigenvalue weighted by Crippen LogP contribution is 2.28. The number of carboxylic acid groups (broad SMARTS) is 1. The number of carboxylic acids is 1. The fourth-order valence-corrected chi connectivity index (χ4v) is 1.55. The molecule has 1 atom stereocenters. The second kappa shape index (κ2) is 4.17. The van der Waals surface area contributed by atoms with Crippen molar-refractivity contribution in [2.24, 2.45) is 5.92 Å². The van der Waals surface area contributed by atoms with Crippen LogP contribution in [0, 0.1) is 19.8 Å². The summed E-state index contributed by atoms with van der Waals surface area (Å²) in [5.41, 5.74) is 0.996. The lowest BCUT2D eigenvalue weighted by atomic mass is 10.0. The predicted molar refractivity (Wildman–Crippen MR) is 56.4 cm³/mol. The molecule has 4 heteroatoms. The van der Waals surface area contributed by atoms with Gasteiger partial charge in [-0.3, -0.25) is 4.79 Å². The zero-order chi connectivity index (χ0) is 10.9. The minimum atomic E-state index is -0.797. The standard InChI is InChI=1S/C10H13BrO3/c1-5(10(12)13)4-8-6(2)9(11)7(3)14-8/h5H,4H2,1-3H3,(H,12,13). The molecule has 1 unspecified atom stereocenters. The van der Waals surface area contributed by atoms with E-state index >= 15 is 0 Å². The summed E-state index contributed by atoms with van der Waals surface area (Å²) in [5, 5.41) is 8.76. The molecule has 1 aromatic heterocycles. The van der Waals surface area contributed by atoms with Gasteiger partial charge in [0.2, 0.25) is 0 Å². The van der Waals surface area contributed by atoms with Gasteiger partial charge < -0.3 is 9.52 Å². The van der Waals surface area contributed by atoms with Crippen LogP contribution in [0.2, 0.25) is 0 Å². The van der Waals surface area contributed by atoms with Crippen LogP contribution in [0.5, 0.6) is 0 Å². The second-order valence-electron chi connectivity index (χ2n) is 3.46. The Bertz CT molecular complexity index is 354. The Morgan fingerprint density at radius 2 is 2.14 bits per heavy atom. The summed E-state index contributed by atoms with van der Waals surface area (Å²) >= 11 is 3.39. The van der Waals surface area contributed by atoms with Crippen LogP contribution in [0.4, 0.5) is 0 Å². The summed E-state index contributed by atoms with van der Waals surface area (Å²) in [4.78, 5) is 10.7. The van der Waals surface area contributed by atoms with Crippen molar-refractivity contribution in [1.29, 1.82) is 0 Å². The van der Waals surface area contributed by atoms with Gasteiger partial charge in [-0.2, -0.15) is 0 Å². The minimum Gasteiger partial charge on any atom is -0.481 e. The van der Waals surface area contributed by atoms with E-state index in [1.54, 1.807) is 6.92 Å². The van der Waals surface area contributed by atoms with Crippen molar-refractivity contribution in [3.05, 3.63) is 21.6 Å². The first-order chi connectivity index (χ1) is 6.43. The average Bonchev–Trinajstić information content (AvgIpc) is 2.33. The first-order valence-electron chi connectivity index (χ1n) is 4.40. The first kappa shape index (κ1) is 11.3.